The molecule has 1 aliphatic rings. The number of nitrogens with one attached hydrogen (secondary N) is 1. The molecule has 0 saturated heterocycles. The van der Waals surface area contributed by atoms with Gasteiger partial charge >= 0.3 is 0 Å². The molecule has 0 spiro atoms. The lowest BCUT2D eigenvalue weighted by Gasteiger charge is -2.27. The van der Waals surface area contributed by atoms with E-state index in [-0.39, 0.29) is 5.41 Å². The van der Waals surface area contributed by atoms with Crippen LogP contribution in [-0.2, 0) is 10.0 Å². The van der Waals surface area contributed by atoms with Crippen molar-refractivity contribution < 1.29 is 8.42 Å². The summed E-state index contributed by atoms with van der Waals surface area (Å²) in [5.74, 6) is 0. The Morgan fingerprint density at radius 3 is 2.55 bits per heavy atom. The second-order valence-corrected chi connectivity index (χ2v) is 7.65. The monoisotopic (exact) mass is 296 g/mol. The smallest absolute Gasteiger partial charge is 0.240 e. The van der Waals surface area contributed by atoms with Crippen LogP contribution in [-0.4, -0.2) is 15.0 Å². The van der Waals surface area contributed by atoms with Crippen LogP contribution in [0.4, 0.5) is 5.69 Å². The average Bonchev–Trinajstić information content (AvgIpc) is 2.89. The van der Waals surface area contributed by atoms with Crippen LogP contribution in [0.1, 0.15) is 44.6 Å². The predicted octanol–water partition coefficient (Wildman–Crippen LogP) is 2.83. The van der Waals surface area contributed by atoms with Gasteiger partial charge in [-0.1, -0.05) is 25.8 Å². The van der Waals surface area contributed by atoms with Crippen LogP contribution in [0.5, 0.6) is 0 Å². The van der Waals surface area contributed by atoms with Gasteiger partial charge in [0.2, 0.25) is 10.0 Å². The fourth-order valence-electron chi connectivity index (χ4n) is 3.01. The summed E-state index contributed by atoms with van der Waals surface area (Å²) in [6.07, 6.45) is 5.65. The van der Waals surface area contributed by atoms with Crippen molar-refractivity contribution in [2.45, 2.75) is 50.8 Å². The second-order valence-electron chi connectivity index (χ2n) is 5.91. The highest BCUT2D eigenvalue weighted by Crippen LogP contribution is 2.40. The first-order chi connectivity index (χ1) is 9.38. The maximum Gasteiger partial charge on any atom is 0.240 e. The topological polar surface area (TPSA) is 72.2 Å². The zero-order chi connectivity index (χ0) is 14.8. The zero-order valence-corrected chi connectivity index (χ0v) is 13.1. The van der Waals surface area contributed by atoms with E-state index in [1.165, 1.54) is 18.9 Å². The molecule has 0 atom stereocenters. The number of anilines is 1. The highest BCUT2D eigenvalue weighted by molar-refractivity contribution is 7.89. The molecule has 1 aromatic rings. The largest absolute Gasteiger partial charge is 0.399 e. The lowest BCUT2D eigenvalue weighted by Crippen LogP contribution is -2.35. The third kappa shape index (κ3) is 3.15. The molecule has 1 aliphatic carbocycles. The van der Waals surface area contributed by atoms with Crippen molar-refractivity contribution >= 4 is 15.7 Å². The molecule has 4 nitrogen and oxygen atoms in total. The summed E-state index contributed by atoms with van der Waals surface area (Å²) in [7, 11) is -3.48. The van der Waals surface area contributed by atoms with E-state index in [4.69, 9.17) is 5.73 Å². The highest BCUT2D eigenvalue weighted by Gasteiger charge is 2.33. The predicted molar refractivity (Wildman–Crippen MR) is 82.0 cm³/mol. The fourth-order valence-corrected chi connectivity index (χ4v) is 4.45. The number of nitrogen functional groups attached to an aromatic ring is 1. The summed E-state index contributed by atoms with van der Waals surface area (Å²) in [4.78, 5) is 0.293. The van der Waals surface area contributed by atoms with Gasteiger partial charge in [-0.25, -0.2) is 13.1 Å². The molecule has 0 unspecified atom stereocenters. The van der Waals surface area contributed by atoms with E-state index in [9.17, 15) is 8.42 Å². The van der Waals surface area contributed by atoms with E-state index >= 15 is 0 Å². The Bertz CT molecular complexity index is 576. The van der Waals surface area contributed by atoms with Gasteiger partial charge < -0.3 is 5.73 Å². The molecule has 1 saturated carbocycles. The Morgan fingerprint density at radius 1 is 1.30 bits per heavy atom. The number of aryl methyl sites for hydroxylation is 1. The van der Waals surface area contributed by atoms with Crippen LogP contribution < -0.4 is 10.5 Å². The van der Waals surface area contributed by atoms with Gasteiger partial charge in [0.25, 0.3) is 0 Å². The Balaban J connectivity index is 2.17. The normalized spacial score (nSPS) is 18.3. The number of benzene rings is 1. The summed E-state index contributed by atoms with van der Waals surface area (Å²) in [5, 5.41) is 0. The maximum absolute atomic E-state index is 12.5. The van der Waals surface area contributed by atoms with Gasteiger partial charge in [0.1, 0.15) is 0 Å². The molecule has 112 valence electrons. The van der Waals surface area contributed by atoms with E-state index in [0.29, 0.717) is 17.1 Å². The summed E-state index contributed by atoms with van der Waals surface area (Å²) in [6, 6.07) is 5.00. The molecule has 0 aliphatic heterocycles. The van der Waals surface area contributed by atoms with E-state index in [0.717, 1.165) is 24.8 Å². The number of hydrogen-bond acceptors (Lipinski definition) is 3. The summed E-state index contributed by atoms with van der Waals surface area (Å²) >= 11 is 0. The molecule has 5 heteroatoms. The fraction of sp³-hybridized carbons (Fsp3) is 0.600. The average molecular weight is 296 g/mol. The van der Waals surface area contributed by atoms with E-state index in [1.54, 1.807) is 19.1 Å². The van der Waals surface area contributed by atoms with E-state index < -0.39 is 10.0 Å². The molecule has 0 heterocycles. The van der Waals surface area contributed by atoms with Crippen molar-refractivity contribution in [3.63, 3.8) is 0 Å². The number of sulfonamides is 1. The summed E-state index contributed by atoms with van der Waals surface area (Å²) in [5.41, 5.74) is 7.04. The maximum atomic E-state index is 12.5. The first-order valence-electron chi connectivity index (χ1n) is 7.24. The minimum Gasteiger partial charge on any atom is -0.399 e. The van der Waals surface area contributed by atoms with Crippen molar-refractivity contribution in [2.24, 2.45) is 5.41 Å². The van der Waals surface area contributed by atoms with Gasteiger partial charge in [0, 0.05) is 12.2 Å². The Kier molecular flexibility index (Phi) is 4.39. The minimum absolute atomic E-state index is 0.140. The zero-order valence-electron chi connectivity index (χ0n) is 12.3. The molecular weight excluding hydrogens is 272 g/mol. The van der Waals surface area contributed by atoms with E-state index in [1.807, 2.05) is 0 Å². The van der Waals surface area contributed by atoms with Crippen LogP contribution >= 0.6 is 0 Å². The van der Waals surface area contributed by atoms with Crippen molar-refractivity contribution in [1.82, 2.24) is 4.72 Å². The SMILES string of the molecule is CCC1(CNS(=O)(=O)c2cc(N)ccc2C)CCCC1. The quantitative estimate of drug-likeness (QED) is 0.821. The van der Waals surface area contributed by atoms with Gasteiger partial charge in [0.15, 0.2) is 0 Å². The van der Waals surface area contributed by atoms with Gasteiger partial charge in [-0.15, -0.1) is 0 Å². The first-order valence-corrected chi connectivity index (χ1v) is 8.73. The highest BCUT2D eigenvalue weighted by atomic mass is 32.2. The van der Waals surface area contributed by atoms with Crippen LogP contribution in [0.2, 0.25) is 0 Å². The number of rotatable bonds is 5. The molecule has 3 N–H and O–H groups in total. The van der Waals surface area contributed by atoms with Crippen molar-refractivity contribution in [1.29, 1.82) is 0 Å². The minimum atomic E-state index is -3.48. The molecule has 1 fully saturated rings. The third-order valence-electron chi connectivity index (χ3n) is 4.55. The lowest BCUT2D eigenvalue weighted by atomic mass is 9.84. The second kappa shape index (κ2) is 5.74. The molecule has 0 radical (unpaired) electrons. The van der Waals surface area contributed by atoms with Crippen LogP contribution in [0.25, 0.3) is 0 Å². The van der Waals surface area contributed by atoms with Crippen LogP contribution in [0, 0.1) is 12.3 Å². The molecule has 20 heavy (non-hydrogen) atoms. The lowest BCUT2D eigenvalue weighted by molar-refractivity contribution is 0.285. The van der Waals surface area contributed by atoms with Gasteiger partial charge in [-0.05, 0) is 49.3 Å². The van der Waals surface area contributed by atoms with Crippen molar-refractivity contribution in [3.8, 4) is 0 Å². The van der Waals surface area contributed by atoms with Gasteiger partial charge in [-0.3, -0.25) is 0 Å². The Morgan fingerprint density at radius 2 is 1.95 bits per heavy atom. The Hall–Kier alpha value is -1.07. The number of hydrogen-bond donors (Lipinski definition) is 2. The molecule has 1 aromatic carbocycles. The van der Waals surface area contributed by atoms with Crippen molar-refractivity contribution in [2.75, 3.05) is 12.3 Å². The summed E-state index contributed by atoms with van der Waals surface area (Å²) in [6.45, 7) is 4.46. The van der Waals surface area contributed by atoms with Crippen LogP contribution in [0.15, 0.2) is 23.1 Å². The van der Waals surface area contributed by atoms with Gasteiger partial charge in [-0.2, -0.15) is 0 Å². The van der Waals surface area contributed by atoms with Gasteiger partial charge in [0.05, 0.1) is 4.90 Å². The molecule has 0 amide bonds. The third-order valence-corrected chi connectivity index (χ3v) is 6.10. The molecular formula is C15H24N2O2S. The first kappa shape index (κ1) is 15.3. The molecule has 0 bridgehead atoms. The van der Waals surface area contributed by atoms with Crippen molar-refractivity contribution in [3.05, 3.63) is 23.8 Å². The standard InChI is InChI=1S/C15H24N2O2S/c1-3-15(8-4-5-9-15)11-17-20(18,19)14-10-13(16)7-6-12(14)2/h6-7,10,17H,3-5,8-9,11,16H2,1-2H3. The number of nitrogens with two attached hydrogens (primary N) is 1. The van der Waals surface area contributed by atoms with Crippen LogP contribution in [0.3, 0.4) is 0 Å². The molecule has 0 aromatic heterocycles. The molecule has 2 rings (SSSR count). The Labute approximate surface area is 121 Å². The summed E-state index contributed by atoms with van der Waals surface area (Å²) < 4.78 is 27.7. The van der Waals surface area contributed by atoms with E-state index in [2.05, 4.69) is 11.6 Å².